The molecule has 0 unspecified atom stereocenters. The minimum absolute atomic E-state index is 0.0933. The molecule has 1 N–H and O–H groups in total. The van der Waals surface area contributed by atoms with E-state index >= 15 is 0 Å². The molecule has 0 aromatic heterocycles. The lowest BCUT2D eigenvalue weighted by Crippen LogP contribution is -2.46. The van der Waals surface area contributed by atoms with Gasteiger partial charge in [-0.25, -0.2) is 0 Å². The van der Waals surface area contributed by atoms with Crippen LogP contribution in [0.3, 0.4) is 0 Å². The molecule has 0 rings (SSSR count). The second-order valence-corrected chi connectivity index (χ2v) is 5.16. The van der Waals surface area contributed by atoms with Gasteiger partial charge >= 0.3 is 5.97 Å². The number of carboxylic acid groups (broad SMARTS) is 1. The first-order valence-electron chi connectivity index (χ1n) is 5.86. The molecule has 0 fully saturated rings. The molecule has 0 aromatic carbocycles. The third-order valence-corrected chi connectivity index (χ3v) is 2.89. The van der Waals surface area contributed by atoms with Crippen LogP contribution in [0.4, 0.5) is 0 Å². The highest BCUT2D eigenvalue weighted by molar-refractivity contribution is 5.85. The Labute approximate surface area is 103 Å². The fourth-order valence-electron chi connectivity index (χ4n) is 1.32. The molecule has 100 valence electrons. The first-order valence-corrected chi connectivity index (χ1v) is 5.86. The van der Waals surface area contributed by atoms with Gasteiger partial charge in [0.2, 0.25) is 5.91 Å². The Morgan fingerprint density at radius 3 is 2.06 bits per heavy atom. The molecule has 17 heavy (non-hydrogen) atoms. The van der Waals surface area contributed by atoms with Crippen molar-refractivity contribution in [3.05, 3.63) is 0 Å². The molecule has 0 saturated carbocycles. The van der Waals surface area contributed by atoms with Gasteiger partial charge in [-0.15, -0.1) is 0 Å². The van der Waals surface area contributed by atoms with Gasteiger partial charge in [-0.1, -0.05) is 20.8 Å². The molecule has 0 atom stereocenters. The van der Waals surface area contributed by atoms with E-state index in [1.54, 1.807) is 0 Å². The van der Waals surface area contributed by atoms with Crippen LogP contribution >= 0.6 is 0 Å². The molecule has 0 aliphatic carbocycles. The lowest BCUT2D eigenvalue weighted by atomic mass is 9.88. The summed E-state index contributed by atoms with van der Waals surface area (Å²) in [6, 6.07) is 0. The zero-order valence-electron chi connectivity index (χ0n) is 11.5. The van der Waals surface area contributed by atoms with Crippen LogP contribution < -0.4 is 0 Å². The third kappa shape index (κ3) is 5.68. The van der Waals surface area contributed by atoms with Crippen LogP contribution in [-0.4, -0.2) is 60.5 Å². The van der Waals surface area contributed by atoms with Crippen molar-refractivity contribution in [1.29, 1.82) is 0 Å². The molecule has 0 aliphatic rings. The Bertz CT molecular complexity index is 275. The first kappa shape index (κ1) is 15.9. The zero-order valence-corrected chi connectivity index (χ0v) is 11.5. The van der Waals surface area contributed by atoms with Crippen molar-refractivity contribution in [3.63, 3.8) is 0 Å². The Hall–Kier alpha value is -1.10. The summed E-state index contributed by atoms with van der Waals surface area (Å²) in [5.41, 5.74) is -0.498. The SMILES string of the molecule is CCC(C)(C)C(=O)N(CCN(C)C)CC(=O)O. The van der Waals surface area contributed by atoms with Gasteiger partial charge in [0, 0.05) is 18.5 Å². The van der Waals surface area contributed by atoms with E-state index in [4.69, 9.17) is 5.11 Å². The predicted molar refractivity (Wildman–Crippen MR) is 66.8 cm³/mol. The summed E-state index contributed by atoms with van der Waals surface area (Å²) in [7, 11) is 3.79. The average Bonchev–Trinajstić information content (AvgIpc) is 2.22. The van der Waals surface area contributed by atoms with Crippen molar-refractivity contribution < 1.29 is 14.7 Å². The number of aliphatic carboxylic acids is 1. The van der Waals surface area contributed by atoms with E-state index in [9.17, 15) is 9.59 Å². The maximum atomic E-state index is 12.2. The van der Waals surface area contributed by atoms with Crippen molar-refractivity contribution in [1.82, 2.24) is 9.80 Å². The van der Waals surface area contributed by atoms with Crippen molar-refractivity contribution in [2.24, 2.45) is 5.41 Å². The lowest BCUT2D eigenvalue weighted by Gasteiger charge is -2.31. The number of rotatable bonds is 7. The number of carbonyl (C=O) groups is 2. The standard InChI is InChI=1S/C12H24N2O3/c1-6-12(2,3)11(17)14(9-10(15)16)8-7-13(4)5/h6-9H2,1-5H3,(H,15,16). The maximum absolute atomic E-state index is 12.2. The minimum Gasteiger partial charge on any atom is -0.480 e. The lowest BCUT2D eigenvalue weighted by molar-refractivity contribution is -0.149. The summed E-state index contributed by atoms with van der Waals surface area (Å²) in [6.45, 7) is 6.51. The number of hydrogen-bond donors (Lipinski definition) is 1. The summed E-state index contributed by atoms with van der Waals surface area (Å²) in [6.07, 6.45) is 0.698. The summed E-state index contributed by atoms with van der Waals surface area (Å²) in [5.74, 6) is -1.06. The first-order chi connectivity index (χ1) is 7.70. The molecule has 1 amide bonds. The Kier molecular flexibility index (Phi) is 6.16. The molecular formula is C12H24N2O3. The Morgan fingerprint density at radius 1 is 1.18 bits per heavy atom. The molecule has 0 saturated heterocycles. The zero-order chi connectivity index (χ0) is 13.6. The highest BCUT2D eigenvalue weighted by Crippen LogP contribution is 2.22. The maximum Gasteiger partial charge on any atom is 0.323 e. The van der Waals surface area contributed by atoms with E-state index in [1.165, 1.54) is 4.90 Å². The fraction of sp³-hybridized carbons (Fsp3) is 0.833. The summed E-state index contributed by atoms with van der Waals surface area (Å²) in [5, 5.41) is 8.83. The van der Waals surface area contributed by atoms with Crippen LogP contribution in [0.25, 0.3) is 0 Å². The minimum atomic E-state index is -0.969. The van der Waals surface area contributed by atoms with Crippen LogP contribution in [0.2, 0.25) is 0 Å². The normalized spacial score (nSPS) is 11.6. The highest BCUT2D eigenvalue weighted by Gasteiger charge is 2.31. The molecule has 0 aliphatic heterocycles. The molecule has 0 spiro atoms. The number of amides is 1. The largest absolute Gasteiger partial charge is 0.480 e. The number of hydrogen-bond acceptors (Lipinski definition) is 3. The predicted octanol–water partition coefficient (Wildman–Crippen LogP) is 0.897. The molecule has 5 heteroatoms. The topological polar surface area (TPSA) is 60.9 Å². The summed E-state index contributed by atoms with van der Waals surface area (Å²) < 4.78 is 0. The monoisotopic (exact) mass is 244 g/mol. The second kappa shape index (κ2) is 6.59. The van der Waals surface area contributed by atoms with Crippen molar-refractivity contribution >= 4 is 11.9 Å². The van der Waals surface area contributed by atoms with Gasteiger partial charge in [-0.05, 0) is 20.5 Å². The van der Waals surface area contributed by atoms with Gasteiger partial charge in [-0.3, -0.25) is 9.59 Å². The fourth-order valence-corrected chi connectivity index (χ4v) is 1.32. The average molecular weight is 244 g/mol. The molecule has 0 heterocycles. The van der Waals surface area contributed by atoms with Gasteiger partial charge in [0.05, 0.1) is 0 Å². The number of likely N-dealkylation sites (N-methyl/N-ethyl adjacent to an activating group) is 1. The number of carbonyl (C=O) groups excluding carboxylic acids is 1. The van der Waals surface area contributed by atoms with E-state index in [0.29, 0.717) is 19.5 Å². The van der Waals surface area contributed by atoms with Gasteiger partial charge < -0.3 is 14.9 Å². The summed E-state index contributed by atoms with van der Waals surface area (Å²) in [4.78, 5) is 26.3. The molecule has 0 bridgehead atoms. The van der Waals surface area contributed by atoms with E-state index in [2.05, 4.69) is 0 Å². The van der Waals surface area contributed by atoms with E-state index in [0.717, 1.165) is 0 Å². The molecule has 0 radical (unpaired) electrons. The van der Waals surface area contributed by atoms with E-state index < -0.39 is 11.4 Å². The number of carboxylic acids is 1. The highest BCUT2D eigenvalue weighted by atomic mass is 16.4. The smallest absolute Gasteiger partial charge is 0.323 e. The van der Waals surface area contributed by atoms with Crippen molar-refractivity contribution in [2.45, 2.75) is 27.2 Å². The van der Waals surface area contributed by atoms with Gasteiger partial charge in [0.15, 0.2) is 0 Å². The molecular weight excluding hydrogens is 220 g/mol. The Morgan fingerprint density at radius 2 is 1.71 bits per heavy atom. The summed E-state index contributed by atoms with van der Waals surface area (Å²) >= 11 is 0. The van der Waals surface area contributed by atoms with E-state index in [-0.39, 0.29) is 12.5 Å². The van der Waals surface area contributed by atoms with Crippen LogP contribution in [0.5, 0.6) is 0 Å². The van der Waals surface area contributed by atoms with Gasteiger partial charge in [0.25, 0.3) is 0 Å². The molecule has 5 nitrogen and oxygen atoms in total. The van der Waals surface area contributed by atoms with E-state index in [1.807, 2.05) is 39.8 Å². The van der Waals surface area contributed by atoms with Crippen LogP contribution in [0.15, 0.2) is 0 Å². The van der Waals surface area contributed by atoms with Crippen LogP contribution in [0, 0.1) is 5.41 Å². The second-order valence-electron chi connectivity index (χ2n) is 5.16. The van der Waals surface area contributed by atoms with Crippen molar-refractivity contribution in [3.8, 4) is 0 Å². The van der Waals surface area contributed by atoms with Gasteiger partial charge in [0.1, 0.15) is 6.54 Å². The quantitative estimate of drug-likeness (QED) is 0.722. The van der Waals surface area contributed by atoms with Crippen LogP contribution in [0.1, 0.15) is 27.2 Å². The number of nitrogens with zero attached hydrogens (tertiary/aromatic N) is 2. The third-order valence-electron chi connectivity index (χ3n) is 2.89. The van der Waals surface area contributed by atoms with Crippen LogP contribution in [-0.2, 0) is 9.59 Å². The Balaban J connectivity index is 4.67. The van der Waals surface area contributed by atoms with Crippen molar-refractivity contribution in [2.75, 3.05) is 33.7 Å². The molecule has 0 aromatic rings. The van der Waals surface area contributed by atoms with Gasteiger partial charge in [-0.2, -0.15) is 0 Å².